The monoisotopic (exact) mass is 260 g/mol. The lowest BCUT2D eigenvalue weighted by molar-refractivity contribution is 0.0944. The van der Waals surface area contributed by atoms with Gasteiger partial charge in [-0.05, 0) is 30.9 Å². The highest BCUT2D eigenvalue weighted by Gasteiger charge is 2.37. The molecule has 2 aliphatic rings. The molecule has 102 valence electrons. The highest BCUT2D eigenvalue weighted by atomic mass is 16.5. The predicted molar refractivity (Wildman–Crippen MR) is 74.7 cm³/mol. The Morgan fingerprint density at radius 1 is 1.53 bits per heavy atom. The van der Waals surface area contributed by atoms with Crippen LogP contribution >= 0.6 is 0 Å². The Bertz CT molecular complexity index is 487. The first kappa shape index (κ1) is 12.3. The SMILES string of the molecule is CCCC1CC1NC(=O)c1cccc2c1OCCN2. The minimum Gasteiger partial charge on any atom is -0.489 e. The standard InChI is InChI=1S/C15H20N2O2/c1-2-4-10-9-13(10)17-15(18)11-5-3-6-12-14(11)19-8-7-16-12/h3,5-6,10,13,16H,2,4,7-9H2,1H3,(H,17,18). The van der Waals surface area contributed by atoms with Crippen molar-refractivity contribution in [3.05, 3.63) is 23.8 Å². The zero-order chi connectivity index (χ0) is 13.2. The molecule has 4 heteroatoms. The van der Waals surface area contributed by atoms with E-state index in [9.17, 15) is 4.79 Å². The van der Waals surface area contributed by atoms with Crippen LogP contribution in [0.5, 0.6) is 5.75 Å². The summed E-state index contributed by atoms with van der Waals surface area (Å²) in [4.78, 5) is 12.3. The molecule has 19 heavy (non-hydrogen) atoms. The molecule has 0 aromatic heterocycles. The van der Waals surface area contributed by atoms with Gasteiger partial charge in [0.05, 0.1) is 11.3 Å². The number of ether oxygens (including phenoxy) is 1. The first-order chi connectivity index (χ1) is 9.29. The molecule has 1 fully saturated rings. The van der Waals surface area contributed by atoms with Crippen LogP contribution < -0.4 is 15.4 Å². The molecular formula is C15H20N2O2. The van der Waals surface area contributed by atoms with Crippen LogP contribution in [0.2, 0.25) is 0 Å². The molecule has 0 spiro atoms. The maximum absolute atomic E-state index is 12.3. The summed E-state index contributed by atoms with van der Waals surface area (Å²) < 4.78 is 5.63. The molecule has 1 aliphatic heterocycles. The van der Waals surface area contributed by atoms with Crippen LogP contribution in [0, 0.1) is 5.92 Å². The van der Waals surface area contributed by atoms with Gasteiger partial charge < -0.3 is 15.4 Å². The fourth-order valence-electron chi connectivity index (χ4n) is 2.71. The lowest BCUT2D eigenvalue weighted by atomic mass is 10.1. The van der Waals surface area contributed by atoms with Crippen molar-refractivity contribution in [2.24, 2.45) is 5.92 Å². The van der Waals surface area contributed by atoms with Gasteiger partial charge in [0.1, 0.15) is 6.61 Å². The van der Waals surface area contributed by atoms with Gasteiger partial charge >= 0.3 is 0 Å². The minimum absolute atomic E-state index is 0.0100. The highest BCUT2D eigenvalue weighted by Crippen LogP contribution is 2.36. The lowest BCUT2D eigenvalue weighted by Gasteiger charge is -2.21. The second-order valence-electron chi connectivity index (χ2n) is 5.32. The normalized spacial score (nSPS) is 23.8. The summed E-state index contributed by atoms with van der Waals surface area (Å²) in [7, 11) is 0. The number of rotatable bonds is 4. The molecule has 0 radical (unpaired) electrons. The third-order valence-corrected chi connectivity index (χ3v) is 3.82. The first-order valence-electron chi connectivity index (χ1n) is 7.10. The second kappa shape index (κ2) is 5.11. The number of para-hydroxylation sites is 1. The number of hydrogen-bond acceptors (Lipinski definition) is 3. The van der Waals surface area contributed by atoms with Crippen LogP contribution in [0.4, 0.5) is 5.69 Å². The van der Waals surface area contributed by atoms with Crippen LogP contribution in [-0.2, 0) is 0 Å². The molecule has 3 rings (SSSR count). The smallest absolute Gasteiger partial charge is 0.255 e. The number of carbonyl (C=O) groups excluding carboxylic acids is 1. The van der Waals surface area contributed by atoms with Crippen molar-refractivity contribution >= 4 is 11.6 Å². The molecule has 1 heterocycles. The molecule has 0 bridgehead atoms. The van der Waals surface area contributed by atoms with E-state index in [1.807, 2.05) is 18.2 Å². The van der Waals surface area contributed by atoms with E-state index in [-0.39, 0.29) is 5.91 Å². The van der Waals surface area contributed by atoms with Crippen molar-refractivity contribution in [2.75, 3.05) is 18.5 Å². The van der Waals surface area contributed by atoms with Gasteiger partial charge in [0, 0.05) is 12.6 Å². The van der Waals surface area contributed by atoms with E-state index >= 15 is 0 Å². The number of carbonyl (C=O) groups is 1. The summed E-state index contributed by atoms with van der Waals surface area (Å²) >= 11 is 0. The molecule has 2 atom stereocenters. The largest absolute Gasteiger partial charge is 0.489 e. The maximum atomic E-state index is 12.3. The van der Waals surface area contributed by atoms with Crippen molar-refractivity contribution < 1.29 is 9.53 Å². The Morgan fingerprint density at radius 2 is 2.42 bits per heavy atom. The van der Waals surface area contributed by atoms with E-state index in [2.05, 4.69) is 17.6 Å². The Balaban J connectivity index is 1.70. The minimum atomic E-state index is -0.0100. The van der Waals surface area contributed by atoms with Crippen LogP contribution in [0.25, 0.3) is 0 Å². The zero-order valence-corrected chi connectivity index (χ0v) is 11.2. The molecular weight excluding hydrogens is 240 g/mol. The van der Waals surface area contributed by atoms with Gasteiger partial charge in [-0.15, -0.1) is 0 Å². The summed E-state index contributed by atoms with van der Waals surface area (Å²) in [6, 6.07) is 6.03. The Hall–Kier alpha value is -1.71. The van der Waals surface area contributed by atoms with E-state index in [0.717, 1.165) is 18.7 Å². The average Bonchev–Trinajstić information content (AvgIpc) is 3.16. The fraction of sp³-hybridized carbons (Fsp3) is 0.533. The molecule has 1 amide bonds. The Kier molecular flexibility index (Phi) is 3.32. The van der Waals surface area contributed by atoms with E-state index in [0.29, 0.717) is 29.9 Å². The second-order valence-corrected chi connectivity index (χ2v) is 5.32. The molecule has 1 saturated carbocycles. The number of benzene rings is 1. The topological polar surface area (TPSA) is 50.4 Å². The number of anilines is 1. The molecule has 1 aromatic carbocycles. The number of amides is 1. The van der Waals surface area contributed by atoms with Crippen molar-refractivity contribution in [3.63, 3.8) is 0 Å². The van der Waals surface area contributed by atoms with Crippen molar-refractivity contribution in [1.29, 1.82) is 0 Å². The van der Waals surface area contributed by atoms with Gasteiger partial charge in [-0.1, -0.05) is 19.4 Å². The van der Waals surface area contributed by atoms with Crippen LogP contribution in [0.1, 0.15) is 36.5 Å². The van der Waals surface area contributed by atoms with Crippen molar-refractivity contribution in [1.82, 2.24) is 5.32 Å². The van der Waals surface area contributed by atoms with Gasteiger partial charge in [-0.2, -0.15) is 0 Å². The van der Waals surface area contributed by atoms with Gasteiger partial charge in [0.2, 0.25) is 0 Å². The maximum Gasteiger partial charge on any atom is 0.255 e. The fourth-order valence-corrected chi connectivity index (χ4v) is 2.71. The van der Waals surface area contributed by atoms with Crippen molar-refractivity contribution in [2.45, 2.75) is 32.2 Å². The molecule has 0 saturated heterocycles. The third-order valence-electron chi connectivity index (χ3n) is 3.82. The van der Waals surface area contributed by atoms with E-state index in [4.69, 9.17) is 4.74 Å². The highest BCUT2D eigenvalue weighted by molar-refractivity contribution is 5.99. The third kappa shape index (κ3) is 2.53. The van der Waals surface area contributed by atoms with Gasteiger partial charge in [-0.25, -0.2) is 0 Å². The van der Waals surface area contributed by atoms with Gasteiger partial charge in [0.25, 0.3) is 5.91 Å². The zero-order valence-electron chi connectivity index (χ0n) is 11.2. The number of fused-ring (bicyclic) bond motifs is 1. The quantitative estimate of drug-likeness (QED) is 0.874. The first-order valence-corrected chi connectivity index (χ1v) is 7.10. The van der Waals surface area contributed by atoms with Crippen LogP contribution in [-0.4, -0.2) is 25.1 Å². The summed E-state index contributed by atoms with van der Waals surface area (Å²) in [5.74, 6) is 1.36. The summed E-state index contributed by atoms with van der Waals surface area (Å²) in [6.45, 7) is 3.59. The van der Waals surface area contributed by atoms with Crippen LogP contribution in [0.15, 0.2) is 18.2 Å². The van der Waals surface area contributed by atoms with Crippen molar-refractivity contribution in [3.8, 4) is 5.75 Å². The predicted octanol–water partition coefficient (Wildman–Crippen LogP) is 2.41. The molecule has 4 nitrogen and oxygen atoms in total. The Labute approximate surface area is 113 Å². The summed E-state index contributed by atoms with van der Waals surface area (Å²) in [6.07, 6.45) is 3.51. The van der Waals surface area contributed by atoms with E-state index in [1.165, 1.54) is 12.8 Å². The number of hydrogen-bond donors (Lipinski definition) is 2. The summed E-state index contributed by atoms with van der Waals surface area (Å²) in [5.41, 5.74) is 1.56. The lowest BCUT2D eigenvalue weighted by Crippen LogP contribution is -2.29. The van der Waals surface area contributed by atoms with E-state index in [1.54, 1.807) is 0 Å². The van der Waals surface area contributed by atoms with Gasteiger partial charge in [-0.3, -0.25) is 4.79 Å². The average molecular weight is 260 g/mol. The van der Waals surface area contributed by atoms with E-state index < -0.39 is 0 Å². The molecule has 1 aromatic rings. The molecule has 2 N–H and O–H groups in total. The van der Waals surface area contributed by atoms with Gasteiger partial charge in [0.15, 0.2) is 5.75 Å². The summed E-state index contributed by atoms with van der Waals surface area (Å²) in [5, 5.41) is 6.36. The molecule has 2 unspecified atom stereocenters. The number of nitrogens with one attached hydrogen (secondary N) is 2. The molecule has 1 aliphatic carbocycles. The van der Waals surface area contributed by atoms with Crippen LogP contribution in [0.3, 0.4) is 0 Å². The Morgan fingerprint density at radius 3 is 3.26 bits per heavy atom.